The van der Waals surface area contributed by atoms with Crippen LogP contribution in [0.3, 0.4) is 0 Å². The second kappa shape index (κ2) is 9.99. The van der Waals surface area contributed by atoms with Crippen LogP contribution < -0.4 is 0 Å². The zero-order valence-corrected chi connectivity index (χ0v) is 21.3. The molecule has 0 aromatic heterocycles. The molecule has 2 unspecified atom stereocenters. The van der Waals surface area contributed by atoms with Gasteiger partial charge in [0, 0.05) is 12.4 Å². The Morgan fingerprint density at radius 2 is 0.667 bits per heavy atom. The first-order valence-electron chi connectivity index (χ1n) is 9.49. The van der Waals surface area contributed by atoms with E-state index in [1.54, 1.807) is 26.3 Å². The van der Waals surface area contributed by atoms with Gasteiger partial charge in [0.05, 0.1) is 11.1 Å². The molecule has 0 aliphatic carbocycles. The van der Waals surface area contributed by atoms with Gasteiger partial charge in [0.2, 0.25) is 0 Å². The number of aliphatic hydroxyl groups is 2. The topological polar surface area (TPSA) is 65.2 Å². The summed E-state index contributed by atoms with van der Waals surface area (Å²) in [5.41, 5.74) is -2.28. The molecule has 5 heteroatoms. The van der Waals surface area contributed by atoms with Crippen LogP contribution in [-0.4, -0.2) is 44.9 Å². The summed E-state index contributed by atoms with van der Waals surface area (Å²) in [5, 5.41) is 20.1. The third-order valence-corrected chi connectivity index (χ3v) is 4.44. The number of aliphatic imine (C=N–C) groups is 2. The summed E-state index contributed by atoms with van der Waals surface area (Å²) < 4.78 is 0. The van der Waals surface area contributed by atoms with Crippen LogP contribution in [-0.2, 0) is 16.8 Å². The summed E-state index contributed by atoms with van der Waals surface area (Å²) in [6.07, 6.45) is 3.32. The van der Waals surface area contributed by atoms with Gasteiger partial charge in [0.1, 0.15) is 11.2 Å². The van der Waals surface area contributed by atoms with E-state index in [1.807, 2.05) is 83.1 Å². The monoisotopic (exact) mass is 429 g/mol. The standard InChI is InChI=1S/2C11H23NO.Co/c2*1-9(2,3)11(7,13)8-12-10(4,5)6;/h2*8,13H,1-7H3;/q;;+2. The molecule has 0 aliphatic rings. The van der Waals surface area contributed by atoms with Crippen molar-refractivity contribution >= 4 is 12.4 Å². The van der Waals surface area contributed by atoms with E-state index in [1.165, 1.54) is 0 Å². The van der Waals surface area contributed by atoms with Crippen LogP contribution >= 0.6 is 0 Å². The first-order valence-corrected chi connectivity index (χ1v) is 9.49. The first kappa shape index (κ1) is 31.5. The molecule has 0 bridgehead atoms. The molecular weight excluding hydrogens is 383 g/mol. The first-order chi connectivity index (χ1) is 10.9. The summed E-state index contributed by atoms with van der Waals surface area (Å²) in [6, 6.07) is 0. The smallest absolute Gasteiger partial charge is 0.384 e. The second-order valence-electron chi connectivity index (χ2n) is 11.7. The van der Waals surface area contributed by atoms with E-state index < -0.39 is 11.2 Å². The van der Waals surface area contributed by atoms with Crippen LogP contribution in [0.5, 0.6) is 0 Å². The van der Waals surface area contributed by atoms with E-state index in [0.717, 1.165) is 0 Å². The minimum Gasteiger partial charge on any atom is -0.384 e. The molecule has 2 atom stereocenters. The molecule has 0 spiro atoms. The van der Waals surface area contributed by atoms with Gasteiger partial charge in [-0.1, -0.05) is 41.5 Å². The van der Waals surface area contributed by atoms with E-state index >= 15 is 0 Å². The molecule has 0 rings (SSSR count). The maximum atomic E-state index is 10.1. The van der Waals surface area contributed by atoms with Gasteiger partial charge in [-0.25, -0.2) is 0 Å². The Morgan fingerprint density at radius 1 is 0.481 bits per heavy atom. The summed E-state index contributed by atoms with van der Waals surface area (Å²) in [7, 11) is 0. The van der Waals surface area contributed by atoms with Gasteiger partial charge in [-0.2, -0.15) is 0 Å². The molecule has 0 aromatic carbocycles. The van der Waals surface area contributed by atoms with Crippen molar-refractivity contribution in [3.8, 4) is 0 Å². The molecule has 0 saturated carbocycles. The fourth-order valence-corrected chi connectivity index (χ4v) is 1.03. The Bertz CT molecular complexity index is 434. The van der Waals surface area contributed by atoms with Gasteiger partial charge in [-0.05, 0) is 66.2 Å². The minimum atomic E-state index is -0.847. The van der Waals surface area contributed by atoms with E-state index in [4.69, 9.17) is 0 Å². The molecule has 0 heterocycles. The number of hydrogen-bond donors (Lipinski definition) is 2. The molecule has 1 radical (unpaired) electrons. The summed E-state index contributed by atoms with van der Waals surface area (Å²) in [6.45, 7) is 27.7. The predicted octanol–water partition coefficient (Wildman–Crippen LogP) is 5.30. The van der Waals surface area contributed by atoms with Crippen molar-refractivity contribution in [2.75, 3.05) is 0 Å². The average molecular weight is 430 g/mol. The zero-order valence-electron chi connectivity index (χ0n) is 20.3. The van der Waals surface area contributed by atoms with Crippen LogP contribution in [0, 0.1) is 10.8 Å². The van der Waals surface area contributed by atoms with Crippen LogP contribution in [0.15, 0.2) is 9.98 Å². The van der Waals surface area contributed by atoms with E-state index in [0.29, 0.717) is 0 Å². The summed E-state index contributed by atoms with van der Waals surface area (Å²) in [5.74, 6) is 0. The Balaban J connectivity index is -0.000000411. The Hall–Kier alpha value is -0.234. The Kier molecular flexibility index (Phi) is 11.6. The number of nitrogens with zero attached hydrogens (tertiary/aromatic N) is 2. The Morgan fingerprint density at radius 3 is 0.778 bits per heavy atom. The van der Waals surface area contributed by atoms with Gasteiger partial charge in [-0.15, -0.1) is 0 Å². The van der Waals surface area contributed by atoms with Gasteiger partial charge in [0.15, 0.2) is 0 Å². The predicted molar refractivity (Wildman–Crippen MR) is 117 cm³/mol. The van der Waals surface area contributed by atoms with E-state index in [9.17, 15) is 10.2 Å². The third kappa shape index (κ3) is 14.4. The maximum Gasteiger partial charge on any atom is 2.00 e. The largest absolute Gasteiger partial charge is 2.00 e. The molecule has 0 amide bonds. The van der Waals surface area contributed by atoms with Crippen molar-refractivity contribution in [3.05, 3.63) is 0 Å². The zero-order chi connectivity index (χ0) is 21.8. The normalized spacial score (nSPS) is 18.4. The van der Waals surface area contributed by atoms with Crippen LogP contribution in [0.1, 0.15) is 96.9 Å². The molecule has 0 aliphatic heterocycles. The molecule has 27 heavy (non-hydrogen) atoms. The molecule has 2 N–H and O–H groups in total. The fourth-order valence-electron chi connectivity index (χ4n) is 1.03. The van der Waals surface area contributed by atoms with Crippen molar-refractivity contribution in [2.45, 2.75) is 119 Å². The van der Waals surface area contributed by atoms with Crippen molar-refractivity contribution < 1.29 is 27.0 Å². The molecule has 0 saturated heterocycles. The molecule has 163 valence electrons. The second-order valence-corrected chi connectivity index (χ2v) is 11.7. The van der Waals surface area contributed by atoms with Crippen LogP contribution in [0.25, 0.3) is 0 Å². The quantitative estimate of drug-likeness (QED) is 0.585. The van der Waals surface area contributed by atoms with Crippen molar-refractivity contribution in [1.29, 1.82) is 0 Å². The number of hydrogen-bond acceptors (Lipinski definition) is 4. The summed E-state index contributed by atoms with van der Waals surface area (Å²) in [4.78, 5) is 8.64. The molecule has 0 fully saturated rings. The fraction of sp³-hybridized carbons (Fsp3) is 0.909. The van der Waals surface area contributed by atoms with E-state index in [2.05, 4.69) is 9.98 Å². The maximum absolute atomic E-state index is 10.1. The third-order valence-electron chi connectivity index (χ3n) is 4.44. The molecule has 0 aromatic rings. The van der Waals surface area contributed by atoms with Crippen LogP contribution in [0.2, 0.25) is 0 Å². The van der Waals surface area contributed by atoms with Gasteiger partial charge >= 0.3 is 16.8 Å². The number of rotatable bonds is 2. The molecule has 4 nitrogen and oxygen atoms in total. The Labute approximate surface area is 179 Å². The van der Waals surface area contributed by atoms with Crippen LogP contribution in [0.4, 0.5) is 0 Å². The van der Waals surface area contributed by atoms with Gasteiger partial charge in [0.25, 0.3) is 0 Å². The van der Waals surface area contributed by atoms with E-state index in [-0.39, 0.29) is 38.7 Å². The minimum absolute atomic E-state index is 0. The average Bonchev–Trinajstić information content (AvgIpc) is 2.31. The molecular formula is C22H46CoN2O2+2. The van der Waals surface area contributed by atoms with Gasteiger partial charge < -0.3 is 10.2 Å². The van der Waals surface area contributed by atoms with Crippen molar-refractivity contribution in [2.24, 2.45) is 20.8 Å². The van der Waals surface area contributed by atoms with Crippen molar-refractivity contribution in [1.82, 2.24) is 0 Å². The van der Waals surface area contributed by atoms with Crippen molar-refractivity contribution in [3.63, 3.8) is 0 Å². The summed E-state index contributed by atoms with van der Waals surface area (Å²) >= 11 is 0. The SMILES string of the molecule is CC(C)(C)N=CC(C)(O)C(C)(C)C.CC(C)(C)N=CC(C)(O)C(C)(C)C.[Co+2]. The van der Waals surface area contributed by atoms with Gasteiger partial charge in [-0.3, -0.25) is 9.98 Å².